The number of urea groups is 1. The third-order valence-electron chi connectivity index (χ3n) is 3.52. The number of halogens is 3. The number of nitrogens with zero attached hydrogens (tertiary/aromatic N) is 1. The second-order valence-corrected chi connectivity index (χ2v) is 5.72. The van der Waals surface area contributed by atoms with Crippen LogP contribution in [0.2, 0.25) is 0 Å². The van der Waals surface area contributed by atoms with Gasteiger partial charge in [0.05, 0.1) is 5.56 Å². The lowest BCUT2D eigenvalue weighted by Gasteiger charge is -2.14. The maximum Gasteiger partial charge on any atom is 0.416 e. The number of hydrogen-bond donors (Lipinski definition) is 2. The molecule has 1 aliphatic rings. The van der Waals surface area contributed by atoms with E-state index in [1.54, 1.807) is 13.8 Å². The molecule has 2 rings (SSSR count). The van der Waals surface area contributed by atoms with Crippen LogP contribution >= 0.6 is 0 Å². The minimum atomic E-state index is -4.46. The standard InChI is InChI=1S/C15H16F3N3O3/c1-8(2)12-13(23)21(14(24)20-12)7-11(22)19-10-5-3-9(4-6-10)15(16,17)18/h3-6,8,12H,7H2,1-2H3,(H,19,22)(H,20,24)/t12-/m1/s1. The Morgan fingerprint density at radius 1 is 1.25 bits per heavy atom. The minimum absolute atomic E-state index is 0.121. The van der Waals surface area contributed by atoms with Gasteiger partial charge >= 0.3 is 12.2 Å². The molecule has 0 saturated carbocycles. The van der Waals surface area contributed by atoms with Crippen molar-refractivity contribution < 1.29 is 27.6 Å². The van der Waals surface area contributed by atoms with E-state index in [4.69, 9.17) is 0 Å². The molecule has 0 aromatic heterocycles. The average Bonchev–Trinajstić information content (AvgIpc) is 2.75. The highest BCUT2D eigenvalue weighted by Crippen LogP contribution is 2.29. The van der Waals surface area contributed by atoms with Crippen LogP contribution in [-0.2, 0) is 15.8 Å². The van der Waals surface area contributed by atoms with E-state index >= 15 is 0 Å². The topological polar surface area (TPSA) is 78.5 Å². The Hall–Kier alpha value is -2.58. The molecule has 1 aromatic rings. The van der Waals surface area contributed by atoms with Gasteiger partial charge in [-0.1, -0.05) is 13.8 Å². The first-order chi connectivity index (χ1) is 11.1. The van der Waals surface area contributed by atoms with Crippen molar-refractivity contribution in [3.8, 4) is 0 Å². The zero-order valence-electron chi connectivity index (χ0n) is 13.0. The Balaban J connectivity index is 1.99. The Morgan fingerprint density at radius 3 is 2.29 bits per heavy atom. The largest absolute Gasteiger partial charge is 0.416 e. The van der Waals surface area contributed by atoms with Gasteiger partial charge < -0.3 is 10.6 Å². The second kappa shape index (κ2) is 6.50. The highest BCUT2D eigenvalue weighted by atomic mass is 19.4. The first-order valence-electron chi connectivity index (χ1n) is 7.18. The molecule has 0 aliphatic carbocycles. The smallest absolute Gasteiger partial charge is 0.326 e. The number of benzene rings is 1. The van der Waals surface area contributed by atoms with Crippen LogP contribution in [0, 0.1) is 5.92 Å². The third-order valence-corrected chi connectivity index (χ3v) is 3.52. The maximum absolute atomic E-state index is 12.5. The van der Waals surface area contributed by atoms with E-state index in [9.17, 15) is 27.6 Å². The van der Waals surface area contributed by atoms with Gasteiger partial charge in [-0.15, -0.1) is 0 Å². The van der Waals surface area contributed by atoms with Crippen LogP contribution in [0.1, 0.15) is 19.4 Å². The summed E-state index contributed by atoms with van der Waals surface area (Å²) in [6.45, 7) is 3.01. The molecule has 4 amide bonds. The number of carbonyl (C=O) groups is 3. The van der Waals surface area contributed by atoms with Gasteiger partial charge in [0.2, 0.25) is 5.91 Å². The SMILES string of the molecule is CC(C)[C@H]1NC(=O)N(CC(=O)Nc2ccc(C(F)(F)F)cc2)C1=O. The summed E-state index contributed by atoms with van der Waals surface area (Å²) in [7, 11) is 0. The average molecular weight is 343 g/mol. The maximum atomic E-state index is 12.5. The first-order valence-corrected chi connectivity index (χ1v) is 7.18. The van der Waals surface area contributed by atoms with E-state index in [1.165, 1.54) is 0 Å². The molecule has 1 saturated heterocycles. The van der Waals surface area contributed by atoms with Crippen molar-refractivity contribution in [1.82, 2.24) is 10.2 Å². The summed E-state index contributed by atoms with van der Waals surface area (Å²) in [5.74, 6) is -1.30. The molecule has 1 aliphatic heterocycles. The molecule has 1 fully saturated rings. The Bertz CT molecular complexity index is 656. The number of alkyl halides is 3. The summed E-state index contributed by atoms with van der Waals surface area (Å²) in [5, 5.41) is 4.83. The molecule has 0 unspecified atom stereocenters. The van der Waals surface area contributed by atoms with Gasteiger partial charge in [-0.25, -0.2) is 4.79 Å². The molecule has 2 N–H and O–H groups in total. The number of carbonyl (C=O) groups excluding carboxylic acids is 3. The molecule has 0 bridgehead atoms. The van der Waals surface area contributed by atoms with E-state index in [1.807, 2.05) is 0 Å². The Kier molecular flexibility index (Phi) is 4.81. The van der Waals surface area contributed by atoms with E-state index in [-0.39, 0.29) is 11.6 Å². The molecule has 1 heterocycles. The molecule has 1 atom stereocenters. The molecular weight excluding hydrogens is 327 g/mol. The summed E-state index contributed by atoms with van der Waals surface area (Å²) in [5.41, 5.74) is -0.699. The minimum Gasteiger partial charge on any atom is -0.326 e. The van der Waals surface area contributed by atoms with Crippen LogP contribution in [0.5, 0.6) is 0 Å². The highest BCUT2D eigenvalue weighted by molar-refractivity contribution is 6.08. The van der Waals surface area contributed by atoms with E-state index in [0.29, 0.717) is 0 Å². The van der Waals surface area contributed by atoms with Crippen molar-refractivity contribution in [2.45, 2.75) is 26.1 Å². The van der Waals surface area contributed by atoms with Crippen LogP contribution < -0.4 is 10.6 Å². The van der Waals surface area contributed by atoms with Crippen molar-refractivity contribution in [2.75, 3.05) is 11.9 Å². The van der Waals surface area contributed by atoms with Gasteiger partial charge in [0.1, 0.15) is 12.6 Å². The summed E-state index contributed by atoms with van der Waals surface area (Å²) >= 11 is 0. The van der Waals surface area contributed by atoms with Crippen LogP contribution in [0.4, 0.5) is 23.7 Å². The second-order valence-electron chi connectivity index (χ2n) is 5.72. The molecule has 130 valence electrons. The molecule has 24 heavy (non-hydrogen) atoms. The van der Waals surface area contributed by atoms with Crippen LogP contribution in [-0.4, -0.2) is 35.3 Å². The lowest BCUT2D eigenvalue weighted by atomic mass is 10.1. The normalized spacial score (nSPS) is 18.1. The fourth-order valence-electron chi connectivity index (χ4n) is 2.23. The van der Waals surface area contributed by atoms with Gasteiger partial charge in [0, 0.05) is 5.69 Å². The summed E-state index contributed by atoms with van der Waals surface area (Å²) < 4.78 is 37.4. The van der Waals surface area contributed by atoms with Gasteiger partial charge in [0.25, 0.3) is 5.91 Å². The van der Waals surface area contributed by atoms with Crippen molar-refractivity contribution in [2.24, 2.45) is 5.92 Å². The van der Waals surface area contributed by atoms with Gasteiger partial charge in [0.15, 0.2) is 0 Å². The molecular formula is C15H16F3N3O3. The lowest BCUT2D eigenvalue weighted by Crippen LogP contribution is -2.39. The van der Waals surface area contributed by atoms with E-state index < -0.39 is 42.2 Å². The molecule has 0 spiro atoms. The van der Waals surface area contributed by atoms with E-state index in [2.05, 4.69) is 10.6 Å². The number of hydrogen-bond acceptors (Lipinski definition) is 3. The monoisotopic (exact) mass is 343 g/mol. The fourth-order valence-corrected chi connectivity index (χ4v) is 2.23. The predicted molar refractivity (Wildman–Crippen MR) is 78.9 cm³/mol. The fraction of sp³-hybridized carbons (Fsp3) is 0.400. The Labute approximate surface area is 136 Å². The van der Waals surface area contributed by atoms with Crippen LogP contribution in [0.25, 0.3) is 0 Å². The van der Waals surface area contributed by atoms with E-state index in [0.717, 1.165) is 29.2 Å². The molecule has 9 heteroatoms. The van der Waals surface area contributed by atoms with Gasteiger partial charge in [-0.2, -0.15) is 13.2 Å². The highest BCUT2D eigenvalue weighted by Gasteiger charge is 2.40. The molecule has 6 nitrogen and oxygen atoms in total. The van der Waals surface area contributed by atoms with Crippen molar-refractivity contribution in [3.63, 3.8) is 0 Å². The quantitative estimate of drug-likeness (QED) is 0.823. The molecule has 0 radical (unpaired) electrons. The number of amides is 4. The van der Waals surface area contributed by atoms with Gasteiger partial charge in [-0.05, 0) is 30.2 Å². The number of nitrogens with one attached hydrogen (secondary N) is 2. The Morgan fingerprint density at radius 2 is 1.83 bits per heavy atom. The summed E-state index contributed by atoms with van der Waals surface area (Å²) in [6.07, 6.45) is -4.46. The third kappa shape index (κ3) is 3.84. The van der Waals surface area contributed by atoms with Crippen molar-refractivity contribution in [1.29, 1.82) is 0 Å². The van der Waals surface area contributed by atoms with Crippen LogP contribution in [0.15, 0.2) is 24.3 Å². The van der Waals surface area contributed by atoms with Crippen molar-refractivity contribution in [3.05, 3.63) is 29.8 Å². The first kappa shape index (κ1) is 17.8. The van der Waals surface area contributed by atoms with Crippen molar-refractivity contribution >= 4 is 23.5 Å². The number of rotatable bonds is 4. The predicted octanol–water partition coefficient (Wildman–Crippen LogP) is 2.22. The zero-order chi connectivity index (χ0) is 18.1. The summed E-state index contributed by atoms with van der Waals surface area (Å²) in [6, 6.07) is 2.51. The lowest BCUT2D eigenvalue weighted by molar-refractivity contribution is -0.137. The summed E-state index contributed by atoms with van der Waals surface area (Å²) in [4.78, 5) is 36.5. The zero-order valence-corrected chi connectivity index (χ0v) is 13.0. The van der Waals surface area contributed by atoms with Crippen LogP contribution in [0.3, 0.4) is 0 Å². The van der Waals surface area contributed by atoms with Gasteiger partial charge in [-0.3, -0.25) is 14.5 Å². The number of anilines is 1. The molecule has 1 aromatic carbocycles. The number of imide groups is 1.